The van der Waals surface area contributed by atoms with E-state index in [4.69, 9.17) is 0 Å². The first-order valence-electron chi connectivity index (χ1n) is 4.96. The van der Waals surface area contributed by atoms with E-state index in [1.165, 1.54) is 0 Å². The highest BCUT2D eigenvalue weighted by atomic mass is 16.1. The first-order chi connectivity index (χ1) is 5.83. The van der Waals surface area contributed by atoms with Crippen LogP contribution in [0.2, 0.25) is 0 Å². The van der Waals surface area contributed by atoms with Gasteiger partial charge in [-0.1, -0.05) is 40.7 Å². The maximum atomic E-state index is 10.2. The van der Waals surface area contributed by atoms with Crippen molar-refractivity contribution in [3.8, 4) is 0 Å². The molecule has 0 saturated carbocycles. The number of hydrogen-bond acceptors (Lipinski definition) is 1. The van der Waals surface area contributed by atoms with E-state index in [1.54, 1.807) is 6.08 Å². The third-order valence-electron chi connectivity index (χ3n) is 2.32. The van der Waals surface area contributed by atoms with Crippen LogP contribution < -0.4 is 0 Å². The summed E-state index contributed by atoms with van der Waals surface area (Å²) in [5.41, 5.74) is 0.483. The summed E-state index contributed by atoms with van der Waals surface area (Å²) in [6.07, 6.45) is 6.70. The Morgan fingerprint density at radius 3 is 2.00 bits per heavy atom. The summed E-state index contributed by atoms with van der Waals surface area (Å²) in [6, 6.07) is 0. The Balaban J connectivity index is 4.45. The molecule has 13 heavy (non-hydrogen) atoms. The second kappa shape index (κ2) is 4.59. The SMILES string of the molecule is CCC(C)(C=CC=O)CC(C)(C)C. The van der Waals surface area contributed by atoms with Crippen LogP contribution in [0, 0.1) is 10.8 Å². The van der Waals surface area contributed by atoms with Crippen molar-refractivity contribution in [2.75, 3.05) is 0 Å². The van der Waals surface area contributed by atoms with Crippen molar-refractivity contribution in [2.45, 2.75) is 47.5 Å². The summed E-state index contributed by atoms with van der Waals surface area (Å²) in [5.74, 6) is 0. The van der Waals surface area contributed by atoms with Crippen LogP contribution >= 0.6 is 0 Å². The molecule has 0 aromatic heterocycles. The van der Waals surface area contributed by atoms with Crippen molar-refractivity contribution in [1.82, 2.24) is 0 Å². The standard InChI is InChI=1S/C12H22O/c1-6-12(5,8-7-9-13)10-11(2,3)4/h7-9H,6,10H2,1-5H3. The topological polar surface area (TPSA) is 17.1 Å². The zero-order valence-electron chi connectivity index (χ0n) is 9.55. The van der Waals surface area contributed by atoms with Gasteiger partial charge in [-0.3, -0.25) is 4.79 Å². The Labute approximate surface area is 82.2 Å². The van der Waals surface area contributed by atoms with Crippen LogP contribution in [-0.4, -0.2) is 6.29 Å². The van der Waals surface area contributed by atoms with Gasteiger partial charge >= 0.3 is 0 Å². The van der Waals surface area contributed by atoms with Crippen LogP contribution in [0.3, 0.4) is 0 Å². The number of carbonyl (C=O) groups excluding carboxylic acids is 1. The average molecular weight is 182 g/mol. The number of allylic oxidation sites excluding steroid dienone is 2. The second-order valence-electron chi connectivity index (χ2n) is 5.24. The lowest BCUT2D eigenvalue weighted by Gasteiger charge is -2.32. The van der Waals surface area contributed by atoms with Gasteiger partial charge < -0.3 is 0 Å². The molecule has 0 radical (unpaired) electrons. The molecule has 0 aromatic rings. The minimum atomic E-state index is 0.166. The van der Waals surface area contributed by atoms with Crippen LogP contribution in [0.5, 0.6) is 0 Å². The summed E-state index contributed by atoms with van der Waals surface area (Å²) < 4.78 is 0. The molecule has 0 N–H and O–H groups in total. The third-order valence-corrected chi connectivity index (χ3v) is 2.32. The van der Waals surface area contributed by atoms with E-state index < -0.39 is 0 Å². The fourth-order valence-electron chi connectivity index (χ4n) is 1.78. The monoisotopic (exact) mass is 182 g/mol. The predicted molar refractivity (Wildman–Crippen MR) is 57.7 cm³/mol. The van der Waals surface area contributed by atoms with E-state index in [9.17, 15) is 4.79 Å². The summed E-state index contributed by atoms with van der Waals surface area (Å²) in [4.78, 5) is 10.2. The van der Waals surface area contributed by atoms with Gasteiger partial charge in [0.25, 0.3) is 0 Å². The highest BCUT2D eigenvalue weighted by Crippen LogP contribution is 2.36. The Hall–Kier alpha value is -0.590. The second-order valence-corrected chi connectivity index (χ2v) is 5.24. The molecule has 1 nitrogen and oxygen atoms in total. The van der Waals surface area contributed by atoms with Crippen LogP contribution in [-0.2, 0) is 4.79 Å². The number of hydrogen-bond donors (Lipinski definition) is 0. The first kappa shape index (κ1) is 12.4. The van der Waals surface area contributed by atoms with Crippen LogP contribution in [0.1, 0.15) is 47.5 Å². The Morgan fingerprint density at radius 1 is 1.15 bits per heavy atom. The van der Waals surface area contributed by atoms with Gasteiger partial charge in [-0.2, -0.15) is 0 Å². The molecule has 0 amide bonds. The fourth-order valence-corrected chi connectivity index (χ4v) is 1.78. The lowest BCUT2D eigenvalue weighted by molar-refractivity contribution is -0.104. The molecule has 1 unspecified atom stereocenters. The van der Waals surface area contributed by atoms with E-state index >= 15 is 0 Å². The summed E-state index contributed by atoms with van der Waals surface area (Å²) in [5, 5.41) is 0. The van der Waals surface area contributed by atoms with Gasteiger partial charge in [0.15, 0.2) is 0 Å². The Kier molecular flexibility index (Phi) is 4.38. The van der Waals surface area contributed by atoms with E-state index in [0.717, 1.165) is 19.1 Å². The van der Waals surface area contributed by atoms with E-state index in [1.807, 2.05) is 6.08 Å². The van der Waals surface area contributed by atoms with E-state index in [-0.39, 0.29) is 5.41 Å². The molecule has 0 bridgehead atoms. The molecule has 76 valence electrons. The van der Waals surface area contributed by atoms with Crippen molar-refractivity contribution in [3.63, 3.8) is 0 Å². The smallest absolute Gasteiger partial charge is 0.142 e. The minimum Gasteiger partial charge on any atom is -0.299 e. The van der Waals surface area contributed by atoms with Crippen molar-refractivity contribution < 1.29 is 4.79 Å². The van der Waals surface area contributed by atoms with Gasteiger partial charge in [0.2, 0.25) is 0 Å². The zero-order valence-corrected chi connectivity index (χ0v) is 9.55. The quantitative estimate of drug-likeness (QED) is 0.479. The van der Waals surface area contributed by atoms with E-state index in [2.05, 4.69) is 34.6 Å². The summed E-state index contributed by atoms with van der Waals surface area (Å²) in [6.45, 7) is 11.1. The predicted octanol–water partition coefficient (Wildman–Crippen LogP) is 3.59. The van der Waals surface area contributed by atoms with Crippen molar-refractivity contribution in [2.24, 2.45) is 10.8 Å². The van der Waals surface area contributed by atoms with Crippen molar-refractivity contribution >= 4 is 6.29 Å². The molecule has 0 aliphatic carbocycles. The molecule has 0 aliphatic rings. The highest BCUT2D eigenvalue weighted by molar-refractivity contribution is 5.64. The number of rotatable bonds is 4. The molecule has 0 fully saturated rings. The average Bonchev–Trinajstić information content (AvgIpc) is 1.98. The van der Waals surface area contributed by atoms with Gasteiger partial charge in [0.1, 0.15) is 6.29 Å². The summed E-state index contributed by atoms with van der Waals surface area (Å²) in [7, 11) is 0. The zero-order chi connectivity index (χ0) is 10.5. The molecule has 0 aromatic carbocycles. The molecule has 1 heteroatoms. The Morgan fingerprint density at radius 2 is 1.69 bits per heavy atom. The number of aldehydes is 1. The van der Waals surface area contributed by atoms with Crippen molar-refractivity contribution in [3.05, 3.63) is 12.2 Å². The molecule has 0 heterocycles. The molecular weight excluding hydrogens is 160 g/mol. The fraction of sp³-hybridized carbons (Fsp3) is 0.750. The van der Waals surface area contributed by atoms with Gasteiger partial charge in [0, 0.05) is 0 Å². The third kappa shape index (κ3) is 5.62. The normalized spacial score (nSPS) is 17.3. The van der Waals surface area contributed by atoms with Gasteiger partial charge in [-0.15, -0.1) is 0 Å². The van der Waals surface area contributed by atoms with Crippen LogP contribution in [0.25, 0.3) is 0 Å². The molecule has 0 rings (SSSR count). The van der Waals surface area contributed by atoms with Crippen LogP contribution in [0.4, 0.5) is 0 Å². The van der Waals surface area contributed by atoms with Gasteiger partial charge in [0.05, 0.1) is 0 Å². The molecule has 0 spiro atoms. The lowest BCUT2D eigenvalue weighted by Crippen LogP contribution is -2.21. The summed E-state index contributed by atoms with van der Waals surface area (Å²) >= 11 is 0. The maximum Gasteiger partial charge on any atom is 0.142 e. The lowest BCUT2D eigenvalue weighted by atomic mass is 9.73. The van der Waals surface area contributed by atoms with Crippen molar-refractivity contribution in [1.29, 1.82) is 0 Å². The van der Waals surface area contributed by atoms with E-state index in [0.29, 0.717) is 5.41 Å². The van der Waals surface area contributed by atoms with Gasteiger partial charge in [-0.05, 0) is 29.7 Å². The van der Waals surface area contributed by atoms with Crippen LogP contribution in [0.15, 0.2) is 12.2 Å². The first-order valence-corrected chi connectivity index (χ1v) is 4.96. The molecule has 1 atom stereocenters. The molecule has 0 saturated heterocycles. The largest absolute Gasteiger partial charge is 0.299 e. The number of carbonyl (C=O) groups is 1. The molecule has 0 aliphatic heterocycles. The molecular formula is C12H22O. The minimum absolute atomic E-state index is 0.166. The highest BCUT2D eigenvalue weighted by Gasteiger charge is 2.25. The Bertz CT molecular complexity index is 186. The maximum absolute atomic E-state index is 10.2. The van der Waals surface area contributed by atoms with Gasteiger partial charge in [-0.25, -0.2) is 0 Å².